The lowest BCUT2D eigenvalue weighted by atomic mass is 9.46. The van der Waals surface area contributed by atoms with Gasteiger partial charge in [-0.1, -0.05) is 34.1 Å². The van der Waals surface area contributed by atoms with Crippen LogP contribution >= 0.6 is 0 Å². The van der Waals surface area contributed by atoms with Crippen molar-refractivity contribution in [3.63, 3.8) is 0 Å². The number of benzene rings is 1. The number of aromatic hydroxyl groups is 2. The molecule has 2 heterocycles. The van der Waals surface area contributed by atoms with E-state index in [0.717, 1.165) is 12.8 Å². The van der Waals surface area contributed by atoms with E-state index in [9.17, 15) is 20.4 Å². The van der Waals surface area contributed by atoms with E-state index in [4.69, 9.17) is 4.74 Å². The zero-order valence-corrected chi connectivity index (χ0v) is 15.3. The van der Waals surface area contributed by atoms with Gasteiger partial charge >= 0.3 is 0 Å². The zero-order valence-electron chi connectivity index (χ0n) is 15.3. The minimum atomic E-state index is -1.09. The Morgan fingerprint density at radius 3 is 2.44 bits per heavy atom. The van der Waals surface area contributed by atoms with E-state index in [1.165, 1.54) is 0 Å². The molecule has 25 heavy (non-hydrogen) atoms. The zero-order chi connectivity index (χ0) is 18.3. The standard InChI is InChI=1S/C20H28O5/c1-9(2)10-8-11-12(14(22)13(10)21)20-7-5-6-19(3,4)17(20)15(23)16(11)25-18(20)24/h8-9,15-18,21-24H,5-7H2,1-4H3/t15-,16+,17-,18+,20-/m0/s1. The highest BCUT2D eigenvalue weighted by molar-refractivity contribution is 5.61. The highest BCUT2D eigenvalue weighted by atomic mass is 16.6. The number of aliphatic hydroxyl groups is 2. The number of aliphatic hydroxyl groups excluding tert-OH is 2. The van der Waals surface area contributed by atoms with Gasteiger partial charge in [-0.2, -0.15) is 0 Å². The maximum Gasteiger partial charge on any atom is 0.165 e. The Bertz CT molecular complexity index is 725. The molecule has 2 bridgehead atoms. The van der Waals surface area contributed by atoms with Gasteiger partial charge in [0.2, 0.25) is 0 Å². The fourth-order valence-electron chi connectivity index (χ4n) is 5.92. The molecule has 1 aromatic carbocycles. The van der Waals surface area contributed by atoms with Crippen LogP contribution in [0.15, 0.2) is 6.07 Å². The second-order valence-electron chi connectivity index (χ2n) is 9.04. The Morgan fingerprint density at radius 2 is 1.80 bits per heavy atom. The molecule has 1 saturated carbocycles. The number of rotatable bonds is 1. The van der Waals surface area contributed by atoms with Gasteiger partial charge in [0.25, 0.3) is 0 Å². The molecule has 4 aliphatic rings. The minimum absolute atomic E-state index is 0.0230. The molecule has 0 aromatic heterocycles. The number of phenolic OH excluding ortho intramolecular Hbond substituents is 2. The number of phenols is 2. The van der Waals surface area contributed by atoms with Crippen molar-refractivity contribution in [1.82, 2.24) is 0 Å². The maximum atomic E-state index is 11.1. The van der Waals surface area contributed by atoms with Gasteiger partial charge < -0.3 is 25.2 Å². The third-order valence-corrected chi connectivity index (χ3v) is 6.90. The van der Waals surface area contributed by atoms with Crippen molar-refractivity contribution in [3.8, 4) is 11.5 Å². The van der Waals surface area contributed by atoms with Gasteiger partial charge in [0.1, 0.15) is 6.10 Å². The fraction of sp³-hybridized carbons (Fsp3) is 0.700. The summed E-state index contributed by atoms with van der Waals surface area (Å²) in [5.74, 6) is -0.470. The van der Waals surface area contributed by atoms with Crippen LogP contribution in [0.4, 0.5) is 0 Å². The smallest absolute Gasteiger partial charge is 0.165 e. The minimum Gasteiger partial charge on any atom is -0.504 e. The van der Waals surface area contributed by atoms with Crippen LogP contribution in [0.5, 0.6) is 11.5 Å². The topological polar surface area (TPSA) is 90.2 Å². The third-order valence-electron chi connectivity index (χ3n) is 6.90. The summed E-state index contributed by atoms with van der Waals surface area (Å²) in [4.78, 5) is 0. The van der Waals surface area contributed by atoms with E-state index in [1.54, 1.807) is 0 Å². The predicted octanol–water partition coefficient (Wildman–Crippen LogP) is 3.05. The fourth-order valence-corrected chi connectivity index (χ4v) is 5.92. The molecule has 1 aromatic rings. The van der Waals surface area contributed by atoms with Crippen LogP contribution in [-0.4, -0.2) is 32.8 Å². The first-order chi connectivity index (χ1) is 11.6. The van der Waals surface area contributed by atoms with E-state index < -0.39 is 23.9 Å². The molecule has 0 radical (unpaired) electrons. The Labute approximate surface area is 148 Å². The molecule has 2 aliphatic heterocycles. The number of ether oxygens (including phenoxy) is 1. The molecule has 4 N–H and O–H groups in total. The van der Waals surface area contributed by atoms with Gasteiger partial charge in [0, 0.05) is 17.0 Å². The van der Waals surface area contributed by atoms with Crippen LogP contribution in [0, 0.1) is 11.3 Å². The molecule has 5 heteroatoms. The lowest BCUT2D eigenvalue weighted by Crippen LogP contribution is -2.67. The molecule has 5 rings (SSSR count). The first-order valence-electron chi connectivity index (χ1n) is 9.23. The van der Waals surface area contributed by atoms with Crippen LogP contribution in [0.1, 0.15) is 75.7 Å². The molecule has 0 amide bonds. The van der Waals surface area contributed by atoms with E-state index in [-0.39, 0.29) is 28.7 Å². The average Bonchev–Trinajstić information content (AvgIpc) is 2.51. The van der Waals surface area contributed by atoms with Gasteiger partial charge in [-0.05, 0) is 35.8 Å². The van der Waals surface area contributed by atoms with Gasteiger partial charge in [-0.25, -0.2) is 0 Å². The van der Waals surface area contributed by atoms with Crippen LogP contribution in [-0.2, 0) is 10.2 Å². The SMILES string of the molecule is CC(C)c1cc2c(c(O)c1O)[C@@]13CCCC(C)(C)[C@@H]1[C@@H](O)[C@@H]2O[C@H]3O. The monoisotopic (exact) mass is 348 g/mol. The van der Waals surface area contributed by atoms with Crippen molar-refractivity contribution in [3.05, 3.63) is 22.8 Å². The Balaban J connectivity index is 2.05. The maximum absolute atomic E-state index is 11.1. The summed E-state index contributed by atoms with van der Waals surface area (Å²) in [7, 11) is 0. The largest absolute Gasteiger partial charge is 0.504 e. The van der Waals surface area contributed by atoms with Gasteiger partial charge in [-0.15, -0.1) is 0 Å². The van der Waals surface area contributed by atoms with Crippen molar-refractivity contribution in [2.45, 2.75) is 76.8 Å². The van der Waals surface area contributed by atoms with E-state index in [2.05, 4.69) is 13.8 Å². The summed E-state index contributed by atoms with van der Waals surface area (Å²) in [6, 6.07) is 1.84. The summed E-state index contributed by atoms with van der Waals surface area (Å²) >= 11 is 0. The molecule has 5 atom stereocenters. The summed E-state index contributed by atoms with van der Waals surface area (Å²) < 4.78 is 5.82. The van der Waals surface area contributed by atoms with Crippen molar-refractivity contribution < 1.29 is 25.2 Å². The number of fused-ring (bicyclic) bond motifs is 1. The second-order valence-corrected chi connectivity index (χ2v) is 9.04. The molecular formula is C20H28O5. The molecule has 138 valence electrons. The highest BCUT2D eigenvalue weighted by Crippen LogP contribution is 2.67. The molecular weight excluding hydrogens is 320 g/mol. The van der Waals surface area contributed by atoms with E-state index in [1.807, 2.05) is 19.9 Å². The van der Waals surface area contributed by atoms with Crippen LogP contribution in [0.2, 0.25) is 0 Å². The van der Waals surface area contributed by atoms with Crippen LogP contribution in [0.3, 0.4) is 0 Å². The summed E-state index contributed by atoms with van der Waals surface area (Å²) in [5.41, 5.74) is 0.850. The number of hydrogen-bond acceptors (Lipinski definition) is 5. The van der Waals surface area contributed by atoms with Crippen molar-refractivity contribution >= 4 is 0 Å². The lowest BCUT2D eigenvalue weighted by molar-refractivity contribution is -0.303. The van der Waals surface area contributed by atoms with Crippen molar-refractivity contribution in [2.24, 2.45) is 11.3 Å². The Hall–Kier alpha value is -1.30. The predicted molar refractivity (Wildman–Crippen MR) is 92.5 cm³/mol. The second kappa shape index (κ2) is 5.12. The third kappa shape index (κ3) is 1.95. The average molecular weight is 348 g/mol. The molecule has 1 spiro atoms. The van der Waals surface area contributed by atoms with Gasteiger partial charge in [0.15, 0.2) is 17.8 Å². The summed E-state index contributed by atoms with van der Waals surface area (Å²) in [6.07, 6.45) is -0.0799. The summed E-state index contributed by atoms with van der Waals surface area (Å²) in [6.45, 7) is 8.10. The number of hydrogen-bond donors (Lipinski definition) is 4. The first-order valence-corrected chi connectivity index (χ1v) is 9.23. The molecule has 0 unspecified atom stereocenters. The molecule has 1 saturated heterocycles. The lowest BCUT2D eigenvalue weighted by Gasteiger charge is -2.64. The molecule has 2 fully saturated rings. The van der Waals surface area contributed by atoms with Crippen LogP contribution in [0.25, 0.3) is 0 Å². The van der Waals surface area contributed by atoms with Crippen LogP contribution < -0.4 is 0 Å². The Kier molecular flexibility index (Phi) is 3.51. The van der Waals surface area contributed by atoms with E-state index >= 15 is 0 Å². The van der Waals surface area contributed by atoms with Gasteiger partial charge in [-0.3, -0.25) is 0 Å². The van der Waals surface area contributed by atoms with Crippen molar-refractivity contribution in [2.75, 3.05) is 0 Å². The highest BCUT2D eigenvalue weighted by Gasteiger charge is 2.67. The first kappa shape index (κ1) is 17.1. The molecule has 5 nitrogen and oxygen atoms in total. The Morgan fingerprint density at radius 1 is 1.12 bits per heavy atom. The molecule has 2 aliphatic carbocycles. The summed E-state index contributed by atoms with van der Waals surface area (Å²) in [5, 5.41) is 43.4. The quantitative estimate of drug-likeness (QED) is 0.586. The van der Waals surface area contributed by atoms with Gasteiger partial charge in [0.05, 0.1) is 11.5 Å². The van der Waals surface area contributed by atoms with E-state index in [0.29, 0.717) is 23.1 Å². The van der Waals surface area contributed by atoms with Crippen molar-refractivity contribution in [1.29, 1.82) is 0 Å². The normalized spacial score (nSPS) is 38.5.